The van der Waals surface area contributed by atoms with E-state index < -0.39 is 0 Å². The number of carbonyl (C=O) groups is 1. The topological polar surface area (TPSA) is 81.9 Å². The number of thioether (sulfide) groups is 1. The van der Waals surface area contributed by atoms with Crippen LogP contribution in [0.5, 0.6) is 11.5 Å². The van der Waals surface area contributed by atoms with Gasteiger partial charge < -0.3 is 10.1 Å². The van der Waals surface area contributed by atoms with Crippen LogP contribution < -0.4 is 10.1 Å². The van der Waals surface area contributed by atoms with E-state index in [1.54, 1.807) is 4.68 Å². The van der Waals surface area contributed by atoms with Crippen LogP contribution >= 0.6 is 11.8 Å². The fourth-order valence-corrected chi connectivity index (χ4v) is 4.37. The number of ether oxygens (including phenoxy) is 1. The van der Waals surface area contributed by atoms with Crippen LogP contribution in [-0.2, 0) is 5.75 Å². The first-order chi connectivity index (χ1) is 17.3. The van der Waals surface area contributed by atoms with E-state index in [1.165, 1.54) is 11.8 Å². The van der Waals surface area contributed by atoms with Crippen LogP contribution in [0.3, 0.4) is 0 Å². The van der Waals surface area contributed by atoms with Gasteiger partial charge >= 0.3 is 0 Å². The number of nitrogens with one attached hydrogen (secondary N) is 1. The van der Waals surface area contributed by atoms with Crippen molar-refractivity contribution in [3.05, 3.63) is 121 Å². The highest BCUT2D eigenvalue weighted by molar-refractivity contribution is 7.98. The molecule has 172 valence electrons. The molecule has 4 aromatic carbocycles. The van der Waals surface area contributed by atoms with Gasteiger partial charge in [-0.15, -0.1) is 16.9 Å². The molecule has 0 atom stereocenters. The lowest BCUT2D eigenvalue weighted by Crippen LogP contribution is -2.13. The first-order valence-corrected chi connectivity index (χ1v) is 11.9. The van der Waals surface area contributed by atoms with Crippen LogP contribution in [0.4, 0.5) is 5.69 Å². The van der Waals surface area contributed by atoms with E-state index in [9.17, 15) is 4.79 Å². The average molecular weight is 480 g/mol. The van der Waals surface area contributed by atoms with Gasteiger partial charge in [0.2, 0.25) is 0 Å². The largest absolute Gasteiger partial charge is 0.457 e. The molecule has 0 saturated heterocycles. The third kappa shape index (κ3) is 5.56. The van der Waals surface area contributed by atoms with Gasteiger partial charge in [-0.3, -0.25) is 4.79 Å². The number of hydrogen-bond acceptors (Lipinski definition) is 6. The number of rotatable bonds is 8. The molecule has 5 rings (SSSR count). The summed E-state index contributed by atoms with van der Waals surface area (Å²) in [5.74, 6) is 2.48. The molecule has 0 spiro atoms. The maximum atomic E-state index is 13.1. The van der Waals surface area contributed by atoms with Gasteiger partial charge in [-0.1, -0.05) is 48.5 Å². The van der Waals surface area contributed by atoms with Crippen molar-refractivity contribution in [2.45, 2.75) is 10.6 Å². The minimum atomic E-state index is -0.188. The predicted octanol–water partition coefficient (Wildman–Crippen LogP) is 6.00. The van der Waals surface area contributed by atoms with Gasteiger partial charge in [0.25, 0.3) is 5.91 Å². The second-order valence-electron chi connectivity index (χ2n) is 7.52. The van der Waals surface area contributed by atoms with E-state index >= 15 is 0 Å². The van der Waals surface area contributed by atoms with E-state index in [2.05, 4.69) is 20.8 Å². The number of hydrogen-bond donors (Lipinski definition) is 1. The summed E-state index contributed by atoms with van der Waals surface area (Å²) in [6.07, 6.45) is 0. The molecule has 1 heterocycles. The molecule has 35 heavy (non-hydrogen) atoms. The van der Waals surface area contributed by atoms with Gasteiger partial charge in [0, 0.05) is 10.6 Å². The molecular formula is C27H21N5O2S. The van der Waals surface area contributed by atoms with Crippen LogP contribution in [0.2, 0.25) is 0 Å². The second-order valence-corrected chi connectivity index (χ2v) is 8.54. The van der Waals surface area contributed by atoms with Crippen LogP contribution in [-0.4, -0.2) is 26.1 Å². The SMILES string of the molecule is O=C(Nc1ccc(Oc2ccccc2)cc1)c1ccccc1SCc1nnnn1-c1ccccc1. The number of aromatic nitrogens is 4. The van der Waals surface area contributed by atoms with Crippen molar-refractivity contribution in [2.75, 3.05) is 5.32 Å². The minimum absolute atomic E-state index is 0.188. The van der Waals surface area contributed by atoms with Gasteiger partial charge in [-0.2, -0.15) is 4.68 Å². The smallest absolute Gasteiger partial charge is 0.256 e. The predicted molar refractivity (Wildman–Crippen MR) is 136 cm³/mol. The molecule has 0 fully saturated rings. The Kier molecular flexibility index (Phi) is 6.82. The Morgan fingerprint density at radius 2 is 1.46 bits per heavy atom. The second kappa shape index (κ2) is 10.7. The first-order valence-electron chi connectivity index (χ1n) is 10.9. The Balaban J connectivity index is 1.25. The van der Waals surface area contributed by atoms with Crippen LogP contribution in [0.25, 0.3) is 5.69 Å². The summed E-state index contributed by atoms with van der Waals surface area (Å²) < 4.78 is 7.52. The normalized spacial score (nSPS) is 10.6. The fraction of sp³-hybridized carbons (Fsp3) is 0.0370. The molecule has 7 nitrogen and oxygen atoms in total. The highest BCUT2D eigenvalue weighted by Crippen LogP contribution is 2.28. The third-order valence-corrected chi connectivity index (χ3v) is 6.18. The lowest BCUT2D eigenvalue weighted by molar-refractivity contribution is 0.102. The van der Waals surface area contributed by atoms with E-state index in [0.29, 0.717) is 28.6 Å². The summed E-state index contributed by atoms with van der Waals surface area (Å²) in [6.45, 7) is 0. The molecule has 5 aromatic rings. The van der Waals surface area contributed by atoms with Crippen molar-refractivity contribution in [2.24, 2.45) is 0 Å². The monoisotopic (exact) mass is 479 g/mol. The molecular weight excluding hydrogens is 458 g/mol. The van der Waals surface area contributed by atoms with Crippen molar-refractivity contribution < 1.29 is 9.53 Å². The molecule has 0 aliphatic carbocycles. The van der Waals surface area contributed by atoms with Crippen molar-refractivity contribution in [1.29, 1.82) is 0 Å². The summed E-state index contributed by atoms with van der Waals surface area (Å²) in [7, 11) is 0. The zero-order valence-corrected chi connectivity index (χ0v) is 19.4. The Morgan fingerprint density at radius 1 is 0.800 bits per heavy atom. The Labute approximate surface area is 206 Å². The number of carbonyl (C=O) groups excluding carboxylic acids is 1. The number of nitrogens with zero attached hydrogens (tertiary/aromatic N) is 4. The van der Waals surface area contributed by atoms with E-state index in [4.69, 9.17) is 4.74 Å². The summed E-state index contributed by atoms with van der Waals surface area (Å²) in [5.41, 5.74) is 2.16. The summed E-state index contributed by atoms with van der Waals surface area (Å²) >= 11 is 1.51. The fourth-order valence-electron chi connectivity index (χ4n) is 3.42. The molecule has 1 aromatic heterocycles. The van der Waals surface area contributed by atoms with E-state index in [0.717, 1.165) is 16.3 Å². The average Bonchev–Trinajstić information content (AvgIpc) is 3.39. The van der Waals surface area contributed by atoms with Crippen LogP contribution in [0.1, 0.15) is 16.2 Å². The Bertz CT molecular complexity index is 1410. The number of tetrazole rings is 1. The van der Waals surface area contributed by atoms with Crippen molar-refractivity contribution in [1.82, 2.24) is 20.2 Å². The van der Waals surface area contributed by atoms with Gasteiger partial charge in [0.1, 0.15) is 11.5 Å². The minimum Gasteiger partial charge on any atom is -0.457 e. The summed E-state index contributed by atoms with van der Waals surface area (Å²) in [5, 5.41) is 15.0. The highest BCUT2D eigenvalue weighted by Gasteiger charge is 2.14. The summed E-state index contributed by atoms with van der Waals surface area (Å²) in [4.78, 5) is 13.9. The van der Waals surface area contributed by atoms with Gasteiger partial charge in [0.15, 0.2) is 5.82 Å². The summed E-state index contributed by atoms with van der Waals surface area (Å²) in [6, 6.07) is 34.1. The lowest BCUT2D eigenvalue weighted by Gasteiger charge is -2.11. The maximum Gasteiger partial charge on any atom is 0.256 e. The third-order valence-electron chi connectivity index (χ3n) is 5.11. The highest BCUT2D eigenvalue weighted by atomic mass is 32.2. The Morgan fingerprint density at radius 3 is 2.23 bits per heavy atom. The van der Waals surface area contributed by atoms with Crippen LogP contribution in [0.15, 0.2) is 114 Å². The zero-order chi connectivity index (χ0) is 23.9. The molecule has 0 radical (unpaired) electrons. The van der Waals surface area contributed by atoms with Gasteiger partial charge in [0.05, 0.1) is 17.0 Å². The molecule has 0 aliphatic heterocycles. The molecule has 0 saturated carbocycles. The molecule has 1 N–H and O–H groups in total. The lowest BCUT2D eigenvalue weighted by atomic mass is 10.2. The van der Waals surface area contributed by atoms with Gasteiger partial charge in [-0.25, -0.2) is 0 Å². The van der Waals surface area contributed by atoms with Crippen molar-refractivity contribution in [3.63, 3.8) is 0 Å². The molecule has 0 aliphatic rings. The molecule has 1 amide bonds. The molecule has 0 bridgehead atoms. The zero-order valence-electron chi connectivity index (χ0n) is 18.6. The number of anilines is 1. The van der Waals surface area contributed by atoms with Crippen molar-refractivity contribution in [3.8, 4) is 17.2 Å². The van der Waals surface area contributed by atoms with E-state index in [1.807, 2.05) is 109 Å². The quantitative estimate of drug-likeness (QED) is 0.275. The van der Waals surface area contributed by atoms with Gasteiger partial charge in [-0.05, 0) is 71.1 Å². The number of benzene rings is 4. The van der Waals surface area contributed by atoms with Crippen LogP contribution in [0, 0.1) is 0 Å². The standard InChI is InChI=1S/C27H21N5O2S/c33-27(28-20-15-17-23(18-16-20)34-22-11-5-2-6-12-22)24-13-7-8-14-25(24)35-19-26-29-30-31-32(26)21-9-3-1-4-10-21/h1-18H,19H2,(H,28,33). The van der Waals surface area contributed by atoms with Crippen molar-refractivity contribution >= 4 is 23.4 Å². The maximum absolute atomic E-state index is 13.1. The Hall–Kier alpha value is -4.43. The van der Waals surface area contributed by atoms with E-state index in [-0.39, 0.29) is 5.91 Å². The number of para-hydroxylation sites is 2. The number of amides is 1. The molecule has 8 heteroatoms. The molecule has 0 unspecified atom stereocenters. The first kappa shape index (κ1) is 22.4.